The number of pyridine rings is 1. The van der Waals surface area contributed by atoms with Crippen molar-refractivity contribution < 1.29 is 22.7 Å². The molecule has 0 saturated heterocycles. The lowest BCUT2D eigenvalue weighted by molar-refractivity contribution is -0.108. The lowest BCUT2D eigenvalue weighted by Crippen LogP contribution is -2.11. The maximum absolute atomic E-state index is 13.1. The topological polar surface area (TPSA) is 92.4 Å². The zero-order valence-electron chi connectivity index (χ0n) is 17.9. The Kier molecular flexibility index (Phi) is 5.75. The number of benzene rings is 1. The van der Waals surface area contributed by atoms with Gasteiger partial charge < -0.3 is 18.8 Å². The molecule has 166 valence electrons. The van der Waals surface area contributed by atoms with Gasteiger partial charge in [0.15, 0.2) is 0 Å². The van der Waals surface area contributed by atoms with E-state index in [1.165, 1.54) is 29.4 Å². The molecule has 0 aliphatic heterocycles. The molecule has 0 atom stereocenters. The molecular weight excluding hydrogens is 430 g/mol. The predicted octanol–water partition coefficient (Wildman–Crippen LogP) is 3.74. The number of nitrogens with zero attached hydrogens (tertiary/aromatic N) is 3. The summed E-state index contributed by atoms with van der Waals surface area (Å²) < 4.78 is 39.9. The SMILES string of the molecule is COc1ccc2c(-c3ccn(S(=O)(=O)c4ccc(OC(C)C)cc4)c3)cn(CC=O)c2n1. The molecule has 4 rings (SSSR count). The Morgan fingerprint density at radius 1 is 1.06 bits per heavy atom. The summed E-state index contributed by atoms with van der Waals surface area (Å²) in [6, 6.07) is 11.6. The lowest BCUT2D eigenvalue weighted by atomic mass is 10.1. The molecule has 0 bridgehead atoms. The van der Waals surface area contributed by atoms with Crippen molar-refractivity contribution in [3.05, 3.63) is 61.1 Å². The van der Waals surface area contributed by atoms with Gasteiger partial charge in [-0.3, -0.25) is 0 Å². The number of carbonyl (C=O) groups is 1. The monoisotopic (exact) mass is 453 g/mol. The van der Waals surface area contributed by atoms with E-state index in [-0.39, 0.29) is 17.5 Å². The molecule has 3 heterocycles. The summed E-state index contributed by atoms with van der Waals surface area (Å²) in [4.78, 5) is 15.7. The molecule has 0 unspecified atom stereocenters. The molecule has 0 aliphatic carbocycles. The molecule has 0 amide bonds. The number of rotatable bonds is 8. The first-order valence-corrected chi connectivity index (χ1v) is 11.5. The Morgan fingerprint density at radius 3 is 2.47 bits per heavy atom. The van der Waals surface area contributed by atoms with Crippen LogP contribution in [-0.4, -0.2) is 41.4 Å². The summed E-state index contributed by atoms with van der Waals surface area (Å²) in [6.07, 6.45) is 5.63. The Labute approximate surface area is 186 Å². The third-order valence-electron chi connectivity index (χ3n) is 4.93. The van der Waals surface area contributed by atoms with Crippen LogP contribution in [0, 0.1) is 0 Å². The van der Waals surface area contributed by atoms with E-state index < -0.39 is 10.0 Å². The van der Waals surface area contributed by atoms with Gasteiger partial charge in [0.1, 0.15) is 17.7 Å². The second-order valence-electron chi connectivity index (χ2n) is 7.46. The van der Waals surface area contributed by atoms with Crippen molar-refractivity contribution in [2.75, 3.05) is 7.11 Å². The minimum absolute atomic E-state index is 0.000246. The van der Waals surface area contributed by atoms with Crippen molar-refractivity contribution in [1.29, 1.82) is 0 Å². The largest absolute Gasteiger partial charge is 0.491 e. The highest BCUT2D eigenvalue weighted by atomic mass is 32.2. The number of fused-ring (bicyclic) bond motifs is 1. The molecule has 1 aromatic carbocycles. The second-order valence-corrected chi connectivity index (χ2v) is 9.30. The van der Waals surface area contributed by atoms with Gasteiger partial charge >= 0.3 is 0 Å². The van der Waals surface area contributed by atoms with Crippen molar-refractivity contribution in [2.45, 2.75) is 31.4 Å². The van der Waals surface area contributed by atoms with Crippen LogP contribution >= 0.6 is 0 Å². The summed E-state index contributed by atoms with van der Waals surface area (Å²) >= 11 is 0. The van der Waals surface area contributed by atoms with E-state index in [9.17, 15) is 13.2 Å². The van der Waals surface area contributed by atoms with Crippen LogP contribution in [0.1, 0.15) is 13.8 Å². The van der Waals surface area contributed by atoms with Crippen LogP contribution in [0.3, 0.4) is 0 Å². The average Bonchev–Trinajstić information content (AvgIpc) is 3.39. The molecule has 0 aliphatic rings. The van der Waals surface area contributed by atoms with Gasteiger partial charge in [-0.15, -0.1) is 0 Å². The molecule has 9 heteroatoms. The molecule has 0 spiro atoms. The van der Waals surface area contributed by atoms with Crippen LogP contribution in [0.4, 0.5) is 0 Å². The highest BCUT2D eigenvalue weighted by Crippen LogP contribution is 2.32. The molecule has 32 heavy (non-hydrogen) atoms. The van der Waals surface area contributed by atoms with Crippen molar-refractivity contribution in [1.82, 2.24) is 13.5 Å². The van der Waals surface area contributed by atoms with Crippen LogP contribution in [0.15, 0.2) is 66.0 Å². The molecule has 4 aromatic rings. The minimum atomic E-state index is -3.78. The number of hydrogen-bond acceptors (Lipinski definition) is 6. The third-order valence-corrected chi connectivity index (χ3v) is 6.58. The normalized spacial score (nSPS) is 11.8. The van der Waals surface area contributed by atoms with Crippen LogP contribution < -0.4 is 9.47 Å². The highest BCUT2D eigenvalue weighted by molar-refractivity contribution is 7.90. The predicted molar refractivity (Wildman–Crippen MR) is 121 cm³/mol. The van der Waals surface area contributed by atoms with Gasteiger partial charge in [-0.1, -0.05) is 0 Å². The summed E-state index contributed by atoms with van der Waals surface area (Å²) in [5.41, 5.74) is 2.05. The number of carbonyl (C=O) groups excluding carboxylic acids is 1. The molecule has 3 aromatic heterocycles. The van der Waals surface area contributed by atoms with Crippen LogP contribution in [0.25, 0.3) is 22.2 Å². The van der Waals surface area contributed by atoms with E-state index in [1.54, 1.807) is 41.2 Å². The quantitative estimate of drug-likeness (QED) is 0.378. The number of hydrogen-bond donors (Lipinski definition) is 0. The van der Waals surface area contributed by atoms with E-state index >= 15 is 0 Å². The number of aldehydes is 1. The van der Waals surface area contributed by atoms with Gasteiger partial charge in [-0.25, -0.2) is 12.4 Å². The fraction of sp³-hybridized carbons (Fsp3) is 0.217. The standard InChI is InChI=1S/C23H23N3O5S/c1-16(2)31-18-4-6-19(7-5-18)32(28,29)26-11-10-17(14-26)21-15-25(12-13-27)23-20(21)8-9-22(24-23)30-3/h4-11,13-16H,12H2,1-3H3. The average molecular weight is 454 g/mol. The minimum Gasteiger partial charge on any atom is -0.491 e. The van der Waals surface area contributed by atoms with Crippen molar-refractivity contribution in [3.8, 4) is 22.8 Å². The number of aromatic nitrogens is 3. The Morgan fingerprint density at radius 2 is 1.81 bits per heavy atom. The first kappa shape index (κ1) is 21.6. The zero-order valence-corrected chi connectivity index (χ0v) is 18.7. The highest BCUT2D eigenvalue weighted by Gasteiger charge is 2.19. The number of ether oxygens (including phenoxy) is 2. The Hall–Kier alpha value is -3.59. The second kappa shape index (κ2) is 8.51. The van der Waals surface area contributed by atoms with Gasteiger partial charge in [0, 0.05) is 41.2 Å². The van der Waals surface area contributed by atoms with Crippen molar-refractivity contribution in [2.24, 2.45) is 0 Å². The summed E-state index contributed by atoms with van der Waals surface area (Å²) in [5.74, 6) is 1.04. The van der Waals surface area contributed by atoms with Crippen LogP contribution in [0.2, 0.25) is 0 Å². The summed E-state index contributed by atoms with van der Waals surface area (Å²) in [7, 11) is -2.25. The van der Waals surface area contributed by atoms with E-state index in [1.807, 2.05) is 19.9 Å². The molecular formula is C23H23N3O5S. The Balaban J connectivity index is 1.72. The van der Waals surface area contributed by atoms with Crippen LogP contribution in [0.5, 0.6) is 11.6 Å². The van der Waals surface area contributed by atoms with E-state index in [0.717, 1.165) is 17.2 Å². The fourth-order valence-corrected chi connectivity index (χ4v) is 4.68. The van der Waals surface area contributed by atoms with E-state index in [0.29, 0.717) is 22.8 Å². The lowest BCUT2D eigenvalue weighted by Gasteiger charge is -2.10. The Bertz CT molecular complexity index is 1370. The van der Waals surface area contributed by atoms with Crippen molar-refractivity contribution in [3.63, 3.8) is 0 Å². The summed E-state index contributed by atoms with van der Waals surface area (Å²) in [5, 5.41) is 0.790. The van der Waals surface area contributed by atoms with Gasteiger partial charge in [0.05, 0.1) is 24.7 Å². The first-order valence-electron chi connectivity index (χ1n) is 10.0. The van der Waals surface area contributed by atoms with Gasteiger partial charge in [-0.2, -0.15) is 4.98 Å². The van der Waals surface area contributed by atoms with E-state index in [2.05, 4.69) is 4.98 Å². The molecule has 0 N–H and O–H groups in total. The van der Waals surface area contributed by atoms with Crippen LogP contribution in [-0.2, 0) is 21.4 Å². The fourth-order valence-electron chi connectivity index (χ4n) is 3.48. The molecule has 0 saturated carbocycles. The smallest absolute Gasteiger partial charge is 0.267 e. The maximum Gasteiger partial charge on any atom is 0.267 e. The molecule has 0 radical (unpaired) electrons. The maximum atomic E-state index is 13.1. The van der Waals surface area contributed by atoms with Gasteiger partial charge in [0.2, 0.25) is 5.88 Å². The first-order chi connectivity index (χ1) is 15.3. The van der Waals surface area contributed by atoms with E-state index in [4.69, 9.17) is 9.47 Å². The van der Waals surface area contributed by atoms with Gasteiger partial charge in [-0.05, 0) is 50.2 Å². The van der Waals surface area contributed by atoms with Crippen molar-refractivity contribution >= 4 is 27.3 Å². The molecule has 0 fully saturated rings. The number of methoxy groups -OCH3 is 1. The zero-order chi connectivity index (χ0) is 22.9. The van der Waals surface area contributed by atoms with Gasteiger partial charge in [0.25, 0.3) is 10.0 Å². The third kappa shape index (κ3) is 3.99. The summed E-state index contributed by atoms with van der Waals surface area (Å²) in [6.45, 7) is 3.94. The molecule has 8 nitrogen and oxygen atoms in total.